The van der Waals surface area contributed by atoms with Gasteiger partial charge in [0.25, 0.3) is 0 Å². The van der Waals surface area contributed by atoms with Crippen molar-refractivity contribution in [3.05, 3.63) is 108 Å². The summed E-state index contributed by atoms with van der Waals surface area (Å²) in [5.74, 6) is -0.318. The molecule has 1 amide bonds. The average molecular weight is 443 g/mol. The number of carbonyl (C=O) groups excluding carboxylic acids is 1. The lowest BCUT2D eigenvalue weighted by atomic mass is 10.1. The Labute approximate surface area is 192 Å². The van der Waals surface area contributed by atoms with Crippen LogP contribution < -0.4 is 5.73 Å². The third-order valence-corrected chi connectivity index (χ3v) is 6.13. The molecule has 2 aromatic heterocycles. The van der Waals surface area contributed by atoms with Crippen LogP contribution in [0.1, 0.15) is 24.0 Å². The van der Waals surface area contributed by atoms with E-state index in [1.807, 2.05) is 59.3 Å². The van der Waals surface area contributed by atoms with Gasteiger partial charge in [-0.25, -0.2) is 4.68 Å². The molecule has 0 atom stereocenters. The molecule has 2 N–H and O–H groups in total. The number of amides is 1. The number of primary amides is 1. The molecular formula is C26H26N4OS. The first kappa shape index (κ1) is 21.6. The molecule has 0 aliphatic carbocycles. The summed E-state index contributed by atoms with van der Waals surface area (Å²) >= 11 is 1.67. The summed E-state index contributed by atoms with van der Waals surface area (Å²) in [4.78, 5) is 14.7. The Kier molecular flexibility index (Phi) is 6.82. The molecule has 32 heavy (non-hydrogen) atoms. The predicted molar refractivity (Wildman–Crippen MR) is 130 cm³/mol. The summed E-state index contributed by atoms with van der Waals surface area (Å²) < 4.78 is 1.93. The summed E-state index contributed by atoms with van der Waals surface area (Å²) in [5.41, 5.74) is 10.5. The number of thiophene rings is 1. The lowest BCUT2D eigenvalue weighted by molar-refractivity contribution is -0.118. The van der Waals surface area contributed by atoms with Gasteiger partial charge < -0.3 is 10.6 Å². The van der Waals surface area contributed by atoms with Crippen molar-refractivity contribution in [3.8, 4) is 16.3 Å². The van der Waals surface area contributed by atoms with Gasteiger partial charge in [-0.3, -0.25) is 4.79 Å². The van der Waals surface area contributed by atoms with E-state index in [0.717, 1.165) is 27.5 Å². The van der Waals surface area contributed by atoms with Gasteiger partial charge in [0, 0.05) is 37.0 Å². The smallest absolute Gasteiger partial charge is 0.217 e. The zero-order valence-electron chi connectivity index (χ0n) is 17.9. The summed E-state index contributed by atoms with van der Waals surface area (Å²) in [7, 11) is 0. The van der Waals surface area contributed by atoms with Crippen molar-refractivity contribution in [1.82, 2.24) is 14.7 Å². The first-order valence-corrected chi connectivity index (χ1v) is 11.4. The minimum Gasteiger partial charge on any atom is -0.370 e. The largest absolute Gasteiger partial charge is 0.370 e. The van der Waals surface area contributed by atoms with Crippen LogP contribution in [0.15, 0.2) is 96.6 Å². The summed E-state index contributed by atoms with van der Waals surface area (Å²) in [5, 5.41) is 6.98. The third-order valence-electron chi connectivity index (χ3n) is 5.25. The maximum absolute atomic E-state index is 11.4. The fraction of sp³-hybridized carbons (Fsp3) is 0.154. The number of allylic oxidation sites excluding steroid dienone is 1. The first-order valence-electron chi connectivity index (χ1n) is 10.5. The Bertz CT molecular complexity index is 1170. The molecule has 162 valence electrons. The average Bonchev–Trinajstić information content (AvgIpc) is 3.48. The molecule has 4 rings (SSSR count). The van der Waals surface area contributed by atoms with E-state index >= 15 is 0 Å². The van der Waals surface area contributed by atoms with Crippen molar-refractivity contribution < 1.29 is 4.79 Å². The zero-order valence-corrected chi connectivity index (χ0v) is 18.7. The van der Waals surface area contributed by atoms with Gasteiger partial charge in [0.05, 0.1) is 10.6 Å². The number of benzene rings is 2. The van der Waals surface area contributed by atoms with Gasteiger partial charge in [-0.15, -0.1) is 11.3 Å². The molecule has 4 aromatic rings. The van der Waals surface area contributed by atoms with E-state index in [1.54, 1.807) is 11.3 Å². The second kappa shape index (κ2) is 10.1. The van der Waals surface area contributed by atoms with E-state index in [2.05, 4.69) is 41.3 Å². The van der Waals surface area contributed by atoms with Crippen molar-refractivity contribution in [1.29, 1.82) is 0 Å². The van der Waals surface area contributed by atoms with Gasteiger partial charge >= 0.3 is 0 Å². The van der Waals surface area contributed by atoms with Crippen LogP contribution in [-0.4, -0.2) is 20.6 Å². The van der Waals surface area contributed by atoms with Crippen molar-refractivity contribution in [2.45, 2.75) is 25.9 Å². The van der Waals surface area contributed by atoms with Gasteiger partial charge in [0.2, 0.25) is 5.91 Å². The van der Waals surface area contributed by atoms with Gasteiger partial charge in [-0.1, -0.05) is 61.2 Å². The SMILES string of the molecule is C=C(CCC(N)=O)N(Cc1ccccc1)Cc1cn(-c2ccccc2)nc1-c1cccs1. The van der Waals surface area contributed by atoms with Crippen molar-refractivity contribution in [2.75, 3.05) is 0 Å². The van der Waals surface area contributed by atoms with E-state index in [-0.39, 0.29) is 12.3 Å². The number of hydrogen-bond acceptors (Lipinski definition) is 4. The highest BCUT2D eigenvalue weighted by molar-refractivity contribution is 7.13. The normalized spacial score (nSPS) is 10.8. The molecule has 0 aliphatic rings. The minimum absolute atomic E-state index is 0.283. The molecule has 0 saturated carbocycles. The van der Waals surface area contributed by atoms with Crippen LogP contribution in [0.5, 0.6) is 0 Å². The molecule has 0 radical (unpaired) electrons. The molecular weight excluding hydrogens is 416 g/mol. The Morgan fingerprint density at radius 1 is 0.969 bits per heavy atom. The van der Waals surface area contributed by atoms with Crippen LogP contribution in [0.25, 0.3) is 16.3 Å². The Balaban J connectivity index is 1.67. The van der Waals surface area contributed by atoms with Crippen LogP contribution in [-0.2, 0) is 17.9 Å². The number of hydrogen-bond donors (Lipinski definition) is 1. The quantitative estimate of drug-likeness (QED) is 0.358. The molecule has 0 spiro atoms. The Hall–Kier alpha value is -3.64. The molecule has 0 fully saturated rings. The highest BCUT2D eigenvalue weighted by Crippen LogP contribution is 2.30. The maximum atomic E-state index is 11.4. The molecule has 0 saturated heterocycles. The van der Waals surface area contributed by atoms with E-state index < -0.39 is 0 Å². The standard InChI is InChI=1S/C26H26N4OS/c1-20(14-15-25(27)31)29(17-21-9-4-2-5-10-21)18-22-19-30(23-11-6-3-7-12-23)28-26(22)24-13-8-16-32-24/h2-13,16,19H,1,14-15,17-18H2,(H2,27,31). The second-order valence-corrected chi connectivity index (χ2v) is 8.58. The lowest BCUT2D eigenvalue weighted by Gasteiger charge is -2.27. The molecule has 2 aromatic carbocycles. The highest BCUT2D eigenvalue weighted by atomic mass is 32.1. The fourth-order valence-corrected chi connectivity index (χ4v) is 4.32. The maximum Gasteiger partial charge on any atom is 0.217 e. The van der Waals surface area contributed by atoms with E-state index in [4.69, 9.17) is 10.8 Å². The van der Waals surface area contributed by atoms with Gasteiger partial charge in [0.15, 0.2) is 0 Å². The van der Waals surface area contributed by atoms with Crippen molar-refractivity contribution in [2.24, 2.45) is 5.73 Å². The topological polar surface area (TPSA) is 64.2 Å². The van der Waals surface area contributed by atoms with Crippen molar-refractivity contribution in [3.63, 3.8) is 0 Å². The van der Waals surface area contributed by atoms with Crippen LogP contribution in [0, 0.1) is 0 Å². The molecule has 0 aliphatic heterocycles. The Morgan fingerprint density at radius 3 is 2.34 bits per heavy atom. The summed E-state index contributed by atoms with van der Waals surface area (Å²) in [6, 6.07) is 24.5. The van der Waals surface area contributed by atoms with Crippen molar-refractivity contribution >= 4 is 17.2 Å². The number of rotatable bonds is 10. The molecule has 0 bridgehead atoms. The number of aromatic nitrogens is 2. The fourth-order valence-electron chi connectivity index (χ4n) is 3.57. The van der Waals surface area contributed by atoms with E-state index in [0.29, 0.717) is 19.5 Å². The molecule has 0 unspecified atom stereocenters. The monoisotopic (exact) mass is 442 g/mol. The van der Waals surface area contributed by atoms with Crippen LogP contribution in [0.2, 0.25) is 0 Å². The molecule has 2 heterocycles. The van der Waals surface area contributed by atoms with E-state index in [9.17, 15) is 4.79 Å². The van der Waals surface area contributed by atoms with Crippen LogP contribution in [0.4, 0.5) is 0 Å². The number of nitrogens with two attached hydrogens (primary N) is 1. The van der Waals surface area contributed by atoms with Crippen LogP contribution >= 0.6 is 11.3 Å². The summed E-state index contributed by atoms with van der Waals surface area (Å²) in [6.07, 6.45) is 2.90. The third kappa shape index (κ3) is 5.34. The Morgan fingerprint density at radius 2 is 1.69 bits per heavy atom. The second-order valence-electron chi connectivity index (χ2n) is 7.63. The van der Waals surface area contributed by atoms with Gasteiger partial charge in [-0.2, -0.15) is 5.10 Å². The number of carbonyl (C=O) groups is 1. The van der Waals surface area contributed by atoms with Crippen LogP contribution in [0.3, 0.4) is 0 Å². The van der Waals surface area contributed by atoms with Gasteiger partial charge in [-0.05, 0) is 35.6 Å². The molecule has 5 nitrogen and oxygen atoms in total. The number of nitrogens with zero attached hydrogens (tertiary/aromatic N) is 3. The minimum atomic E-state index is -0.318. The van der Waals surface area contributed by atoms with Gasteiger partial charge in [0.1, 0.15) is 5.69 Å². The van der Waals surface area contributed by atoms with E-state index in [1.165, 1.54) is 5.56 Å². The highest BCUT2D eigenvalue weighted by Gasteiger charge is 2.18. The molecule has 6 heteroatoms. The first-order chi connectivity index (χ1) is 15.6. The zero-order chi connectivity index (χ0) is 22.3. The lowest BCUT2D eigenvalue weighted by Crippen LogP contribution is -2.23. The number of para-hydroxylation sites is 1. The predicted octanol–water partition coefficient (Wildman–Crippen LogP) is 5.38. The summed E-state index contributed by atoms with van der Waals surface area (Å²) in [6.45, 7) is 5.60.